The molecule has 0 amide bonds. The number of hydrogen-bond donors (Lipinski definition) is 3. The Kier molecular flexibility index (Phi) is 3.61. The minimum Gasteiger partial charge on any atom is -0.508 e. The highest BCUT2D eigenvalue weighted by Gasteiger charge is 2.14. The molecule has 0 radical (unpaired) electrons. The van der Waals surface area contributed by atoms with Gasteiger partial charge in [-0.2, -0.15) is 0 Å². The van der Waals surface area contributed by atoms with Gasteiger partial charge in [0.2, 0.25) is 0 Å². The van der Waals surface area contributed by atoms with Gasteiger partial charge in [0.05, 0.1) is 4.90 Å². The average Bonchev–Trinajstić information content (AvgIpc) is 2.90. The number of benzene rings is 2. The van der Waals surface area contributed by atoms with E-state index in [0.29, 0.717) is 5.69 Å². The molecule has 0 aliphatic heterocycles. The van der Waals surface area contributed by atoms with Gasteiger partial charge in [-0.1, -0.05) is 6.58 Å². The molecule has 0 bridgehead atoms. The third-order valence-electron chi connectivity index (χ3n) is 3.48. The summed E-state index contributed by atoms with van der Waals surface area (Å²) in [5.41, 5.74) is 3.21. The number of phenols is 1. The molecule has 0 unspecified atom stereocenters. The van der Waals surface area contributed by atoms with Crippen molar-refractivity contribution < 1.29 is 13.5 Å². The van der Waals surface area contributed by atoms with E-state index in [2.05, 4.69) is 16.3 Å². The Morgan fingerprint density at radius 3 is 2.48 bits per heavy atom. The minimum absolute atomic E-state index is 0.0185. The largest absolute Gasteiger partial charge is 0.508 e. The number of fused-ring (bicyclic) bond motifs is 1. The van der Waals surface area contributed by atoms with Crippen molar-refractivity contribution in [1.82, 2.24) is 4.98 Å². The molecular weight excluding hydrogens is 312 g/mol. The van der Waals surface area contributed by atoms with Gasteiger partial charge in [-0.25, -0.2) is 8.42 Å². The van der Waals surface area contributed by atoms with E-state index >= 15 is 0 Å². The standard InChI is InChI=1S/C17H16N2O3S/c1-11(2)17-10-12-9-13(3-8-16(12)18-17)19-23(21,22)15-6-4-14(20)5-7-15/h3-10,18-20H,1H2,2H3. The van der Waals surface area contributed by atoms with Gasteiger partial charge in [-0.05, 0) is 61.0 Å². The molecule has 0 fully saturated rings. The summed E-state index contributed by atoms with van der Waals surface area (Å²) in [6.45, 7) is 5.79. The zero-order chi connectivity index (χ0) is 16.6. The highest BCUT2D eigenvalue weighted by molar-refractivity contribution is 7.92. The molecule has 0 aliphatic rings. The third-order valence-corrected chi connectivity index (χ3v) is 4.88. The Morgan fingerprint density at radius 1 is 1.13 bits per heavy atom. The fourth-order valence-electron chi connectivity index (χ4n) is 2.27. The first-order chi connectivity index (χ1) is 10.8. The molecule has 23 heavy (non-hydrogen) atoms. The lowest BCUT2D eigenvalue weighted by atomic mass is 10.2. The predicted octanol–water partition coefficient (Wildman–Crippen LogP) is 3.71. The Bertz CT molecular complexity index is 986. The Hall–Kier alpha value is -2.73. The van der Waals surface area contributed by atoms with Crippen molar-refractivity contribution in [3.05, 3.63) is 60.8 Å². The maximum Gasteiger partial charge on any atom is 0.261 e. The van der Waals surface area contributed by atoms with Crippen molar-refractivity contribution in [2.45, 2.75) is 11.8 Å². The zero-order valence-corrected chi connectivity index (χ0v) is 13.3. The van der Waals surface area contributed by atoms with Crippen LogP contribution in [0.5, 0.6) is 5.75 Å². The molecule has 0 saturated heterocycles. The Balaban J connectivity index is 1.94. The van der Waals surface area contributed by atoms with E-state index < -0.39 is 10.0 Å². The maximum absolute atomic E-state index is 12.3. The van der Waals surface area contributed by atoms with Crippen LogP contribution in [0.4, 0.5) is 5.69 Å². The van der Waals surface area contributed by atoms with Gasteiger partial charge in [0.15, 0.2) is 0 Å². The molecule has 1 aromatic heterocycles. The lowest BCUT2D eigenvalue weighted by Gasteiger charge is -2.08. The van der Waals surface area contributed by atoms with E-state index in [9.17, 15) is 13.5 Å². The summed E-state index contributed by atoms with van der Waals surface area (Å²) in [6, 6.07) is 12.6. The second kappa shape index (κ2) is 5.48. The van der Waals surface area contributed by atoms with Crippen LogP contribution in [0.1, 0.15) is 12.6 Å². The second-order valence-electron chi connectivity index (χ2n) is 5.36. The van der Waals surface area contributed by atoms with E-state index in [1.54, 1.807) is 12.1 Å². The number of allylic oxidation sites excluding steroid dienone is 1. The monoisotopic (exact) mass is 328 g/mol. The molecule has 3 N–H and O–H groups in total. The van der Waals surface area contributed by atoms with Crippen LogP contribution >= 0.6 is 0 Å². The summed E-state index contributed by atoms with van der Waals surface area (Å²) in [7, 11) is -3.70. The lowest BCUT2D eigenvalue weighted by molar-refractivity contribution is 0.475. The molecule has 2 aromatic carbocycles. The van der Waals surface area contributed by atoms with Crippen molar-refractivity contribution in [2.75, 3.05) is 4.72 Å². The summed E-state index contributed by atoms with van der Waals surface area (Å²) in [5.74, 6) is 0.0185. The van der Waals surface area contributed by atoms with Gasteiger partial charge in [0.1, 0.15) is 5.75 Å². The number of sulfonamides is 1. The first-order valence-corrected chi connectivity index (χ1v) is 8.44. The molecule has 0 aliphatic carbocycles. The van der Waals surface area contributed by atoms with Gasteiger partial charge in [-0.3, -0.25) is 4.72 Å². The maximum atomic E-state index is 12.3. The van der Waals surface area contributed by atoms with Crippen LogP contribution in [0.2, 0.25) is 0 Å². The average molecular weight is 328 g/mol. The van der Waals surface area contributed by atoms with Crippen LogP contribution in [0.15, 0.2) is 60.0 Å². The molecular formula is C17H16N2O3S. The number of phenolic OH excluding ortho intramolecular Hbond substituents is 1. The number of aromatic nitrogens is 1. The van der Waals surface area contributed by atoms with Gasteiger partial charge < -0.3 is 10.1 Å². The van der Waals surface area contributed by atoms with Crippen LogP contribution in [0.3, 0.4) is 0 Å². The number of nitrogens with one attached hydrogen (secondary N) is 2. The molecule has 3 rings (SSSR count). The van der Waals surface area contributed by atoms with Crippen molar-refractivity contribution in [2.24, 2.45) is 0 Å². The van der Waals surface area contributed by atoms with Crippen molar-refractivity contribution in [3.8, 4) is 5.75 Å². The SMILES string of the molecule is C=C(C)c1cc2cc(NS(=O)(=O)c3ccc(O)cc3)ccc2[nH]1. The third kappa shape index (κ3) is 3.07. The van der Waals surface area contributed by atoms with Crippen LogP contribution in [-0.4, -0.2) is 18.5 Å². The number of aromatic hydroxyl groups is 1. The molecule has 0 saturated carbocycles. The molecule has 6 heteroatoms. The van der Waals surface area contributed by atoms with Crippen molar-refractivity contribution >= 4 is 32.2 Å². The smallest absolute Gasteiger partial charge is 0.261 e. The highest BCUT2D eigenvalue weighted by Crippen LogP contribution is 2.25. The first kappa shape index (κ1) is 15.2. The van der Waals surface area contributed by atoms with E-state index in [0.717, 1.165) is 22.2 Å². The summed E-state index contributed by atoms with van der Waals surface area (Å²) in [5, 5.41) is 10.1. The topological polar surface area (TPSA) is 82.2 Å². The fourth-order valence-corrected chi connectivity index (χ4v) is 3.31. The van der Waals surface area contributed by atoms with Crippen molar-refractivity contribution in [1.29, 1.82) is 0 Å². The Labute approximate surface area is 134 Å². The highest BCUT2D eigenvalue weighted by atomic mass is 32.2. The number of aromatic amines is 1. The molecule has 0 atom stereocenters. The van der Waals surface area contributed by atoms with Crippen LogP contribution in [-0.2, 0) is 10.0 Å². The number of anilines is 1. The molecule has 1 heterocycles. The second-order valence-corrected chi connectivity index (χ2v) is 7.05. The molecule has 0 spiro atoms. The molecule has 118 valence electrons. The summed E-state index contributed by atoms with van der Waals surface area (Å²) < 4.78 is 27.2. The lowest BCUT2D eigenvalue weighted by Crippen LogP contribution is -2.12. The number of hydrogen-bond acceptors (Lipinski definition) is 3. The van der Waals surface area contributed by atoms with E-state index in [1.807, 2.05) is 19.1 Å². The molecule has 5 nitrogen and oxygen atoms in total. The first-order valence-electron chi connectivity index (χ1n) is 6.96. The number of rotatable bonds is 4. The van der Waals surface area contributed by atoms with Crippen LogP contribution in [0.25, 0.3) is 16.5 Å². The minimum atomic E-state index is -3.70. The van der Waals surface area contributed by atoms with E-state index in [1.165, 1.54) is 24.3 Å². The Morgan fingerprint density at radius 2 is 1.83 bits per heavy atom. The van der Waals surface area contributed by atoms with Gasteiger partial charge in [-0.15, -0.1) is 0 Å². The molecule has 3 aromatic rings. The zero-order valence-electron chi connectivity index (χ0n) is 12.5. The van der Waals surface area contributed by atoms with Gasteiger partial charge >= 0.3 is 0 Å². The predicted molar refractivity (Wildman–Crippen MR) is 91.9 cm³/mol. The van der Waals surface area contributed by atoms with E-state index in [4.69, 9.17) is 0 Å². The summed E-state index contributed by atoms with van der Waals surface area (Å²) in [6.07, 6.45) is 0. The van der Waals surface area contributed by atoms with Crippen molar-refractivity contribution in [3.63, 3.8) is 0 Å². The van der Waals surface area contributed by atoms with E-state index in [-0.39, 0.29) is 10.6 Å². The summed E-state index contributed by atoms with van der Waals surface area (Å²) >= 11 is 0. The van der Waals surface area contributed by atoms with Crippen LogP contribution in [0, 0.1) is 0 Å². The number of H-pyrrole nitrogens is 1. The normalized spacial score (nSPS) is 11.5. The summed E-state index contributed by atoms with van der Waals surface area (Å²) in [4.78, 5) is 3.31. The quantitative estimate of drug-likeness (QED) is 0.683. The van der Waals surface area contributed by atoms with Crippen LogP contribution < -0.4 is 4.72 Å². The fraction of sp³-hybridized carbons (Fsp3) is 0.0588. The van der Waals surface area contributed by atoms with Gasteiger partial charge in [0.25, 0.3) is 10.0 Å². The van der Waals surface area contributed by atoms with Gasteiger partial charge in [0, 0.05) is 22.3 Å².